The number of carbonyl (C=O) groups is 1. The lowest BCUT2D eigenvalue weighted by Gasteiger charge is -2.31. The van der Waals surface area contributed by atoms with Crippen molar-refractivity contribution in [3.05, 3.63) is 72.7 Å². The monoisotopic (exact) mass is 479 g/mol. The largest absolute Gasteiger partial charge is 0.348 e. The van der Waals surface area contributed by atoms with Crippen molar-refractivity contribution in [2.45, 2.75) is 41.9 Å². The molecule has 0 bridgehead atoms. The fourth-order valence-electron chi connectivity index (χ4n) is 3.28. The number of nitrogens with one attached hydrogen (secondary N) is 1. The van der Waals surface area contributed by atoms with Crippen LogP contribution in [0.1, 0.15) is 36.0 Å². The van der Waals surface area contributed by atoms with E-state index in [4.69, 9.17) is 0 Å². The summed E-state index contributed by atoms with van der Waals surface area (Å²) in [5.74, 6) is -0.537. The Kier molecular flexibility index (Phi) is 6.86. The molecule has 0 unspecified atom stereocenters. The van der Waals surface area contributed by atoms with Gasteiger partial charge in [0.15, 0.2) is 0 Å². The molecule has 3 rings (SSSR count). The van der Waals surface area contributed by atoms with Gasteiger partial charge in [-0.1, -0.05) is 28.8 Å². The first-order chi connectivity index (χ1) is 13.8. The Morgan fingerprint density at radius 2 is 1.59 bits per heavy atom. The molecule has 0 spiro atoms. The average molecular weight is 480 g/mol. The van der Waals surface area contributed by atoms with Crippen molar-refractivity contribution in [3.63, 3.8) is 0 Å². The molecule has 1 aliphatic rings. The molecule has 29 heavy (non-hydrogen) atoms. The van der Waals surface area contributed by atoms with Gasteiger partial charge in [-0.05, 0) is 37.1 Å². The standard InChI is InChI=1S/C19H18BrN3O5S/c20-13-5-7-16(8-6-13)29-18-4-2-1-3-17(18)21-19(24)12-9-14(22(25)26)11-15(10-12)23(27)28/h5-11,17-18H,1-4H2,(H,21,24)/t17-,18-/m1/s1. The van der Waals surface area contributed by atoms with E-state index in [1.807, 2.05) is 24.3 Å². The highest BCUT2D eigenvalue weighted by molar-refractivity contribution is 9.10. The Morgan fingerprint density at radius 1 is 1.00 bits per heavy atom. The molecule has 152 valence electrons. The highest BCUT2D eigenvalue weighted by Crippen LogP contribution is 2.34. The number of hydrogen-bond acceptors (Lipinski definition) is 6. The molecule has 1 amide bonds. The van der Waals surface area contributed by atoms with Gasteiger partial charge >= 0.3 is 0 Å². The maximum Gasteiger partial charge on any atom is 0.277 e. The third kappa shape index (κ3) is 5.54. The van der Waals surface area contributed by atoms with E-state index in [1.165, 1.54) is 0 Å². The summed E-state index contributed by atoms with van der Waals surface area (Å²) in [4.78, 5) is 34.5. The minimum Gasteiger partial charge on any atom is -0.348 e. The first kappa shape index (κ1) is 21.3. The minimum absolute atomic E-state index is 0.0798. The van der Waals surface area contributed by atoms with Crippen LogP contribution in [0.25, 0.3) is 0 Å². The van der Waals surface area contributed by atoms with Gasteiger partial charge in [0, 0.05) is 32.8 Å². The first-order valence-corrected chi connectivity index (χ1v) is 10.7. The van der Waals surface area contributed by atoms with Crippen LogP contribution in [0.2, 0.25) is 0 Å². The molecule has 0 aliphatic heterocycles. The normalized spacial score (nSPS) is 18.8. The van der Waals surface area contributed by atoms with E-state index in [1.54, 1.807) is 11.8 Å². The van der Waals surface area contributed by atoms with E-state index in [2.05, 4.69) is 21.2 Å². The lowest BCUT2D eigenvalue weighted by Crippen LogP contribution is -2.43. The van der Waals surface area contributed by atoms with E-state index in [0.717, 1.165) is 53.3 Å². The highest BCUT2D eigenvalue weighted by Gasteiger charge is 2.29. The van der Waals surface area contributed by atoms with Crippen molar-refractivity contribution >= 4 is 45.0 Å². The quantitative estimate of drug-likeness (QED) is 0.455. The third-order valence-electron chi connectivity index (χ3n) is 4.71. The van der Waals surface area contributed by atoms with Crippen molar-refractivity contribution in [2.24, 2.45) is 0 Å². The lowest BCUT2D eigenvalue weighted by atomic mass is 9.94. The maximum absolute atomic E-state index is 12.7. The topological polar surface area (TPSA) is 115 Å². The zero-order valence-electron chi connectivity index (χ0n) is 15.2. The van der Waals surface area contributed by atoms with Crippen LogP contribution in [0.5, 0.6) is 0 Å². The second kappa shape index (κ2) is 9.36. The molecule has 2 aromatic rings. The van der Waals surface area contributed by atoms with Gasteiger partial charge in [-0.15, -0.1) is 11.8 Å². The summed E-state index contributed by atoms with van der Waals surface area (Å²) in [6, 6.07) is 10.8. The third-order valence-corrected chi connectivity index (χ3v) is 6.65. The summed E-state index contributed by atoms with van der Waals surface area (Å²) in [5, 5.41) is 25.2. The molecule has 0 radical (unpaired) electrons. The number of carbonyl (C=O) groups excluding carboxylic acids is 1. The molecular formula is C19H18BrN3O5S. The molecule has 0 aromatic heterocycles. The summed E-state index contributed by atoms with van der Waals surface area (Å²) in [7, 11) is 0. The number of nitrogens with zero attached hydrogens (tertiary/aromatic N) is 2. The van der Waals surface area contributed by atoms with Crippen LogP contribution in [0.15, 0.2) is 51.8 Å². The van der Waals surface area contributed by atoms with Crippen LogP contribution in [-0.2, 0) is 0 Å². The predicted octanol–water partition coefficient (Wildman–Crippen LogP) is 5.10. The number of thioether (sulfide) groups is 1. The minimum atomic E-state index is -0.740. The van der Waals surface area contributed by atoms with Crippen LogP contribution in [-0.4, -0.2) is 27.0 Å². The number of amides is 1. The van der Waals surface area contributed by atoms with Crippen molar-refractivity contribution in [2.75, 3.05) is 0 Å². The molecule has 1 N–H and O–H groups in total. The van der Waals surface area contributed by atoms with Crippen LogP contribution < -0.4 is 5.32 Å². The van der Waals surface area contributed by atoms with E-state index in [0.29, 0.717) is 0 Å². The summed E-state index contributed by atoms with van der Waals surface area (Å²) in [6.07, 6.45) is 3.75. The van der Waals surface area contributed by atoms with Gasteiger partial charge in [0.05, 0.1) is 21.5 Å². The Balaban J connectivity index is 1.77. The Bertz CT molecular complexity index is 906. The van der Waals surface area contributed by atoms with Gasteiger partial charge in [0.1, 0.15) is 0 Å². The molecule has 8 nitrogen and oxygen atoms in total. The van der Waals surface area contributed by atoms with Crippen LogP contribution in [0, 0.1) is 20.2 Å². The first-order valence-electron chi connectivity index (χ1n) is 9.00. The van der Waals surface area contributed by atoms with Crippen LogP contribution >= 0.6 is 27.7 Å². The molecular weight excluding hydrogens is 462 g/mol. The van der Waals surface area contributed by atoms with E-state index < -0.39 is 27.1 Å². The average Bonchev–Trinajstić information content (AvgIpc) is 2.70. The predicted molar refractivity (Wildman–Crippen MR) is 113 cm³/mol. The molecule has 1 fully saturated rings. The summed E-state index contributed by atoms with van der Waals surface area (Å²) < 4.78 is 0.989. The number of non-ortho nitro benzene ring substituents is 2. The second-order valence-corrected chi connectivity index (χ2v) is 8.96. The fraction of sp³-hybridized carbons (Fsp3) is 0.316. The fourth-order valence-corrected chi connectivity index (χ4v) is 4.84. The molecule has 0 saturated heterocycles. The summed E-state index contributed by atoms with van der Waals surface area (Å²) in [5.41, 5.74) is -1.04. The molecule has 2 aromatic carbocycles. The van der Waals surface area contributed by atoms with Gasteiger partial charge in [-0.25, -0.2) is 0 Å². The highest BCUT2D eigenvalue weighted by atomic mass is 79.9. The van der Waals surface area contributed by atoms with Gasteiger partial charge in [-0.2, -0.15) is 0 Å². The van der Waals surface area contributed by atoms with Crippen LogP contribution in [0.4, 0.5) is 11.4 Å². The summed E-state index contributed by atoms with van der Waals surface area (Å²) >= 11 is 5.09. The Morgan fingerprint density at radius 3 is 2.17 bits per heavy atom. The Hall–Kier alpha value is -2.46. The van der Waals surface area contributed by atoms with Gasteiger partial charge in [0.2, 0.25) is 0 Å². The van der Waals surface area contributed by atoms with Crippen molar-refractivity contribution in [1.29, 1.82) is 0 Å². The molecule has 10 heteroatoms. The zero-order valence-corrected chi connectivity index (χ0v) is 17.6. The smallest absolute Gasteiger partial charge is 0.277 e. The number of halogens is 1. The number of hydrogen-bond donors (Lipinski definition) is 1. The molecule has 1 aliphatic carbocycles. The van der Waals surface area contributed by atoms with Gasteiger partial charge < -0.3 is 5.32 Å². The summed E-state index contributed by atoms with van der Waals surface area (Å²) in [6.45, 7) is 0. The van der Waals surface area contributed by atoms with Crippen LogP contribution in [0.3, 0.4) is 0 Å². The zero-order chi connectivity index (χ0) is 21.0. The lowest BCUT2D eigenvalue weighted by molar-refractivity contribution is -0.394. The van der Waals surface area contributed by atoms with Crippen molar-refractivity contribution < 1.29 is 14.6 Å². The van der Waals surface area contributed by atoms with Crippen molar-refractivity contribution in [3.8, 4) is 0 Å². The molecule has 2 atom stereocenters. The van der Waals surface area contributed by atoms with Gasteiger partial charge in [0.25, 0.3) is 17.3 Å². The number of benzene rings is 2. The number of rotatable bonds is 6. The Labute approximate surface area is 179 Å². The number of nitro groups is 2. The van der Waals surface area contributed by atoms with E-state index in [-0.39, 0.29) is 16.9 Å². The molecule has 1 saturated carbocycles. The van der Waals surface area contributed by atoms with E-state index in [9.17, 15) is 25.0 Å². The van der Waals surface area contributed by atoms with Gasteiger partial charge in [-0.3, -0.25) is 25.0 Å². The molecule has 0 heterocycles. The maximum atomic E-state index is 12.7. The second-order valence-electron chi connectivity index (χ2n) is 6.73. The van der Waals surface area contributed by atoms with E-state index >= 15 is 0 Å². The SMILES string of the molecule is O=C(N[C@@H]1CCCC[C@H]1Sc1ccc(Br)cc1)c1cc([N+](=O)[O-])cc([N+](=O)[O-])c1. The number of nitro benzene ring substituents is 2. The van der Waals surface area contributed by atoms with Crippen molar-refractivity contribution in [1.82, 2.24) is 5.32 Å².